The van der Waals surface area contributed by atoms with E-state index in [1.54, 1.807) is 4.90 Å². The van der Waals surface area contributed by atoms with Gasteiger partial charge in [-0.2, -0.15) is 13.2 Å². The molecule has 0 bridgehead atoms. The Morgan fingerprint density at radius 3 is 2.42 bits per heavy atom. The van der Waals surface area contributed by atoms with Crippen molar-refractivity contribution in [2.75, 3.05) is 44.2 Å². The van der Waals surface area contributed by atoms with Gasteiger partial charge in [-0.3, -0.25) is 9.69 Å². The van der Waals surface area contributed by atoms with Crippen LogP contribution >= 0.6 is 0 Å². The maximum absolute atomic E-state index is 14.5. The third-order valence-corrected chi connectivity index (χ3v) is 7.48. The SMILES string of the molecule is NC(=O)C1(OC(=O)C2=COCC2)CCC(CCN2CCN(c3cccc(C(F)(F)F)c3F)CC2)CC1. The van der Waals surface area contributed by atoms with Crippen LogP contribution in [-0.2, 0) is 25.2 Å². The van der Waals surface area contributed by atoms with Crippen LogP contribution < -0.4 is 10.6 Å². The molecule has 7 nitrogen and oxygen atoms in total. The monoisotopic (exact) mass is 513 g/mol. The highest BCUT2D eigenvalue weighted by atomic mass is 19.4. The summed E-state index contributed by atoms with van der Waals surface area (Å²) in [5.41, 5.74) is 3.47. The van der Waals surface area contributed by atoms with Crippen molar-refractivity contribution in [1.29, 1.82) is 0 Å². The van der Waals surface area contributed by atoms with Crippen molar-refractivity contribution < 1.29 is 36.6 Å². The first-order valence-electron chi connectivity index (χ1n) is 12.3. The first-order chi connectivity index (χ1) is 17.1. The molecule has 36 heavy (non-hydrogen) atoms. The first-order valence-corrected chi connectivity index (χ1v) is 12.3. The van der Waals surface area contributed by atoms with Crippen molar-refractivity contribution in [2.45, 2.75) is 50.3 Å². The van der Waals surface area contributed by atoms with Gasteiger partial charge in [-0.1, -0.05) is 6.07 Å². The number of nitrogens with zero attached hydrogens (tertiary/aromatic N) is 2. The Balaban J connectivity index is 1.24. The van der Waals surface area contributed by atoms with Crippen LogP contribution in [0.3, 0.4) is 0 Å². The summed E-state index contributed by atoms with van der Waals surface area (Å²) in [6.45, 7) is 3.30. The van der Waals surface area contributed by atoms with E-state index in [4.69, 9.17) is 15.2 Å². The molecule has 1 saturated heterocycles. The van der Waals surface area contributed by atoms with Gasteiger partial charge in [0.2, 0.25) is 0 Å². The number of esters is 1. The molecule has 2 heterocycles. The van der Waals surface area contributed by atoms with E-state index in [1.807, 2.05) is 0 Å². The number of amides is 1. The Morgan fingerprint density at radius 2 is 1.83 bits per heavy atom. The average Bonchev–Trinajstić information content (AvgIpc) is 3.39. The molecule has 1 saturated carbocycles. The summed E-state index contributed by atoms with van der Waals surface area (Å²) < 4.78 is 64.2. The third-order valence-electron chi connectivity index (χ3n) is 7.48. The Bertz CT molecular complexity index is 998. The molecule has 3 aliphatic rings. The summed E-state index contributed by atoms with van der Waals surface area (Å²) in [4.78, 5) is 28.4. The van der Waals surface area contributed by atoms with Gasteiger partial charge in [-0.15, -0.1) is 0 Å². The fourth-order valence-corrected chi connectivity index (χ4v) is 5.17. The van der Waals surface area contributed by atoms with Gasteiger partial charge in [-0.25, -0.2) is 9.18 Å². The van der Waals surface area contributed by atoms with E-state index in [1.165, 1.54) is 18.4 Å². The van der Waals surface area contributed by atoms with Crippen molar-refractivity contribution in [2.24, 2.45) is 11.7 Å². The van der Waals surface area contributed by atoms with Crippen molar-refractivity contribution in [3.63, 3.8) is 0 Å². The molecule has 4 rings (SSSR count). The van der Waals surface area contributed by atoms with E-state index < -0.39 is 35.0 Å². The van der Waals surface area contributed by atoms with E-state index in [2.05, 4.69) is 4.90 Å². The van der Waals surface area contributed by atoms with Crippen LogP contribution in [0.1, 0.15) is 44.1 Å². The Morgan fingerprint density at radius 1 is 1.14 bits per heavy atom. The number of halogens is 4. The lowest BCUT2D eigenvalue weighted by Gasteiger charge is -2.39. The van der Waals surface area contributed by atoms with Crippen molar-refractivity contribution in [1.82, 2.24) is 4.90 Å². The predicted octanol–water partition coefficient (Wildman–Crippen LogP) is 3.62. The summed E-state index contributed by atoms with van der Waals surface area (Å²) >= 11 is 0. The van der Waals surface area contributed by atoms with Crippen LogP contribution in [0, 0.1) is 11.7 Å². The van der Waals surface area contributed by atoms with Crippen LogP contribution in [0.15, 0.2) is 30.0 Å². The van der Waals surface area contributed by atoms with Crippen LogP contribution in [0.5, 0.6) is 0 Å². The molecule has 1 aliphatic carbocycles. The standard InChI is InChI=1S/C25H31F4N3O4/c26-21-19(25(27,28)29)2-1-3-20(21)32-13-11-31(12-14-32)10-6-17-4-8-24(9-5-17,23(30)34)36-22(33)18-7-15-35-16-18/h1-3,16-17H,4-15H2,(H2,30,34). The van der Waals surface area contributed by atoms with E-state index in [9.17, 15) is 27.2 Å². The number of primary amides is 1. The van der Waals surface area contributed by atoms with Gasteiger partial charge in [0.25, 0.3) is 5.91 Å². The molecule has 1 aromatic rings. The molecule has 0 unspecified atom stereocenters. The van der Waals surface area contributed by atoms with Crippen LogP contribution in [-0.4, -0.2) is 61.7 Å². The number of hydrogen-bond donors (Lipinski definition) is 1. The lowest BCUT2D eigenvalue weighted by Crippen LogP contribution is -2.50. The largest absolute Gasteiger partial charge is 0.500 e. The minimum absolute atomic E-state index is 0.0194. The number of hydrogen-bond acceptors (Lipinski definition) is 6. The Kier molecular flexibility index (Phi) is 7.77. The van der Waals surface area contributed by atoms with Gasteiger partial charge in [0.15, 0.2) is 11.4 Å². The summed E-state index contributed by atoms with van der Waals surface area (Å²) in [7, 11) is 0. The minimum atomic E-state index is -4.73. The number of benzene rings is 1. The van der Waals surface area contributed by atoms with Gasteiger partial charge >= 0.3 is 12.1 Å². The molecule has 198 valence electrons. The lowest BCUT2D eigenvalue weighted by molar-refractivity contribution is -0.168. The number of anilines is 1. The molecule has 0 aromatic heterocycles. The molecule has 2 N–H and O–H groups in total. The number of alkyl halides is 3. The summed E-state index contributed by atoms with van der Waals surface area (Å²) in [6.07, 6.45) is 0.0926. The van der Waals surface area contributed by atoms with Crippen molar-refractivity contribution >= 4 is 17.6 Å². The zero-order valence-corrected chi connectivity index (χ0v) is 20.0. The molecule has 1 amide bonds. The zero-order chi connectivity index (χ0) is 25.9. The summed E-state index contributed by atoms with van der Waals surface area (Å²) in [6, 6.07) is 3.38. The van der Waals surface area contributed by atoms with Gasteiger partial charge in [0.05, 0.1) is 29.7 Å². The fourth-order valence-electron chi connectivity index (χ4n) is 5.17. The Hall–Kier alpha value is -2.82. The zero-order valence-electron chi connectivity index (χ0n) is 20.0. The second kappa shape index (κ2) is 10.7. The van der Waals surface area contributed by atoms with Crippen LogP contribution in [0.25, 0.3) is 0 Å². The second-order valence-corrected chi connectivity index (χ2v) is 9.71. The summed E-state index contributed by atoms with van der Waals surface area (Å²) in [5.74, 6) is -2.08. The van der Waals surface area contributed by atoms with E-state index in [-0.39, 0.29) is 5.69 Å². The molecule has 11 heteroatoms. The van der Waals surface area contributed by atoms with Gasteiger partial charge in [-0.05, 0) is 56.7 Å². The highest BCUT2D eigenvalue weighted by Gasteiger charge is 2.44. The van der Waals surface area contributed by atoms with E-state index in [0.29, 0.717) is 76.4 Å². The van der Waals surface area contributed by atoms with Crippen molar-refractivity contribution in [3.8, 4) is 0 Å². The quantitative estimate of drug-likeness (QED) is 0.443. The molecular weight excluding hydrogens is 482 g/mol. The molecule has 2 fully saturated rings. The number of ether oxygens (including phenoxy) is 2. The topological polar surface area (TPSA) is 85.1 Å². The summed E-state index contributed by atoms with van der Waals surface area (Å²) in [5, 5.41) is 0. The lowest BCUT2D eigenvalue weighted by atomic mass is 9.77. The third kappa shape index (κ3) is 5.77. The maximum atomic E-state index is 14.5. The number of piperazine rings is 1. The average molecular weight is 514 g/mol. The molecule has 2 aliphatic heterocycles. The van der Waals surface area contributed by atoms with Gasteiger partial charge < -0.3 is 20.1 Å². The maximum Gasteiger partial charge on any atom is 0.419 e. The number of rotatable bonds is 7. The molecule has 0 spiro atoms. The number of nitrogens with two attached hydrogens (primary N) is 1. The highest BCUT2D eigenvalue weighted by molar-refractivity contribution is 5.93. The normalized spacial score (nSPS) is 25.3. The number of carbonyl (C=O) groups is 2. The minimum Gasteiger partial charge on any atom is -0.500 e. The fraction of sp³-hybridized carbons (Fsp3) is 0.600. The van der Waals surface area contributed by atoms with Gasteiger partial charge in [0.1, 0.15) is 0 Å². The van der Waals surface area contributed by atoms with E-state index in [0.717, 1.165) is 19.0 Å². The van der Waals surface area contributed by atoms with Crippen LogP contribution in [0.2, 0.25) is 0 Å². The molecular formula is C25H31F4N3O4. The second-order valence-electron chi connectivity index (χ2n) is 9.71. The first kappa shape index (κ1) is 26.2. The molecule has 0 atom stereocenters. The molecule has 1 aromatic carbocycles. The molecule has 0 radical (unpaired) electrons. The van der Waals surface area contributed by atoms with E-state index >= 15 is 0 Å². The smallest absolute Gasteiger partial charge is 0.419 e. The van der Waals surface area contributed by atoms with Gasteiger partial charge in [0, 0.05) is 32.6 Å². The van der Waals surface area contributed by atoms with Crippen LogP contribution in [0.4, 0.5) is 23.2 Å². The Labute approximate surface area is 207 Å². The highest BCUT2D eigenvalue weighted by Crippen LogP contribution is 2.38. The van der Waals surface area contributed by atoms with Crippen molar-refractivity contribution in [3.05, 3.63) is 41.4 Å². The predicted molar refractivity (Wildman–Crippen MR) is 123 cm³/mol. The number of carbonyl (C=O) groups excluding carboxylic acids is 2.